The number of ether oxygens (including phenoxy) is 2. The molecule has 0 radical (unpaired) electrons. The van der Waals surface area contributed by atoms with E-state index in [2.05, 4.69) is 15.9 Å². The summed E-state index contributed by atoms with van der Waals surface area (Å²) in [5, 5.41) is 10.4. The van der Waals surface area contributed by atoms with E-state index in [4.69, 9.17) is 9.47 Å². The lowest BCUT2D eigenvalue weighted by Gasteiger charge is -2.28. The molecule has 0 saturated heterocycles. The van der Waals surface area contributed by atoms with E-state index in [1.54, 1.807) is 12.1 Å². The third-order valence-corrected chi connectivity index (χ3v) is 4.86. The summed E-state index contributed by atoms with van der Waals surface area (Å²) < 4.78 is 10.8. The molecule has 1 N–H and O–H groups in total. The normalized spacial score (nSPS) is 11.5. The van der Waals surface area contributed by atoms with Crippen molar-refractivity contribution < 1.29 is 24.2 Å². The number of carbonyl (C=O) groups is 2. The number of nitrogens with zero attached hydrogens (tertiary/aromatic N) is 1. The molecule has 2 aromatic carbocycles. The second-order valence-corrected chi connectivity index (χ2v) is 7.20. The standard InChI is InChI=1S/C22H26BrNO5/c1-2-28-19-11-9-17(10-12-19)15-20(21(25)26)24(14-6-13-23)22(27)29-16-18-7-4-3-5-8-18/h3-5,7-12,20H,2,6,13-16H2,1H3,(H,25,26)/t20-/m0/s1. The van der Waals surface area contributed by atoms with Crippen molar-refractivity contribution >= 4 is 28.0 Å². The number of hydrogen-bond acceptors (Lipinski definition) is 4. The third kappa shape index (κ3) is 7.42. The molecule has 29 heavy (non-hydrogen) atoms. The first-order valence-electron chi connectivity index (χ1n) is 9.53. The first-order chi connectivity index (χ1) is 14.0. The highest BCUT2D eigenvalue weighted by Gasteiger charge is 2.30. The average molecular weight is 464 g/mol. The number of halogens is 1. The van der Waals surface area contributed by atoms with E-state index in [1.165, 1.54) is 4.90 Å². The molecule has 156 valence electrons. The second-order valence-electron chi connectivity index (χ2n) is 6.41. The minimum Gasteiger partial charge on any atom is -0.494 e. The number of carbonyl (C=O) groups excluding carboxylic acids is 1. The Morgan fingerprint density at radius 3 is 2.34 bits per heavy atom. The number of carboxylic acids is 1. The zero-order chi connectivity index (χ0) is 21.1. The van der Waals surface area contributed by atoms with Crippen molar-refractivity contribution in [2.75, 3.05) is 18.5 Å². The van der Waals surface area contributed by atoms with Crippen LogP contribution in [0.2, 0.25) is 0 Å². The molecule has 0 saturated carbocycles. The lowest BCUT2D eigenvalue weighted by Crippen LogP contribution is -2.47. The first-order valence-corrected chi connectivity index (χ1v) is 10.6. The van der Waals surface area contributed by atoms with Gasteiger partial charge in [-0.3, -0.25) is 4.90 Å². The topological polar surface area (TPSA) is 76.1 Å². The Bertz CT molecular complexity index is 767. The highest BCUT2D eigenvalue weighted by atomic mass is 79.9. The van der Waals surface area contributed by atoms with E-state index >= 15 is 0 Å². The SMILES string of the molecule is CCOc1ccc(C[C@@H](C(=O)O)N(CCCBr)C(=O)OCc2ccccc2)cc1. The van der Waals surface area contributed by atoms with Crippen LogP contribution in [-0.4, -0.2) is 46.6 Å². The van der Waals surface area contributed by atoms with Gasteiger partial charge in [0.1, 0.15) is 18.4 Å². The largest absolute Gasteiger partial charge is 0.494 e. The van der Waals surface area contributed by atoms with Crippen molar-refractivity contribution in [2.24, 2.45) is 0 Å². The van der Waals surface area contributed by atoms with Crippen LogP contribution in [0.4, 0.5) is 4.79 Å². The Kier molecular flexibility index (Phi) is 9.50. The van der Waals surface area contributed by atoms with Crippen LogP contribution in [0.1, 0.15) is 24.5 Å². The Labute approximate surface area is 179 Å². The van der Waals surface area contributed by atoms with Gasteiger partial charge in [0, 0.05) is 18.3 Å². The van der Waals surface area contributed by atoms with Crippen molar-refractivity contribution in [2.45, 2.75) is 32.4 Å². The summed E-state index contributed by atoms with van der Waals surface area (Å²) in [7, 11) is 0. The lowest BCUT2D eigenvalue weighted by molar-refractivity contribution is -0.142. The molecule has 0 aromatic heterocycles. The molecule has 0 spiro atoms. The van der Waals surface area contributed by atoms with E-state index in [-0.39, 0.29) is 19.6 Å². The van der Waals surface area contributed by atoms with Gasteiger partial charge in [0.05, 0.1) is 6.61 Å². The van der Waals surface area contributed by atoms with Gasteiger partial charge in [-0.05, 0) is 36.6 Å². The predicted octanol–water partition coefficient (Wildman–Crippen LogP) is 4.50. The van der Waals surface area contributed by atoms with Crippen LogP contribution >= 0.6 is 15.9 Å². The van der Waals surface area contributed by atoms with Crippen LogP contribution in [0.25, 0.3) is 0 Å². The van der Waals surface area contributed by atoms with Gasteiger partial charge in [-0.15, -0.1) is 0 Å². The minimum absolute atomic E-state index is 0.0971. The lowest BCUT2D eigenvalue weighted by atomic mass is 10.0. The van der Waals surface area contributed by atoms with Crippen LogP contribution < -0.4 is 4.74 Å². The summed E-state index contributed by atoms with van der Waals surface area (Å²) >= 11 is 3.34. The molecule has 0 aliphatic carbocycles. The maximum Gasteiger partial charge on any atom is 0.410 e. The molecule has 2 rings (SSSR count). The summed E-state index contributed by atoms with van der Waals surface area (Å²) in [4.78, 5) is 26.0. The number of carboxylic acid groups (broad SMARTS) is 1. The van der Waals surface area contributed by atoms with Gasteiger partial charge in [0.2, 0.25) is 0 Å². The molecule has 1 amide bonds. The molecule has 1 atom stereocenters. The Morgan fingerprint density at radius 2 is 1.76 bits per heavy atom. The van der Waals surface area contributed by atoms with Gasteiger partial charge in [0.25, 0.3) is 0 Å². The fraction of sp³-hybridized carbons (Fsp3) is 0.364. The second kappa shape index (κ2) is 12.1. The fourth-order valence-electron chi connectivity index (χ4n) is 2.85. The van der Waals surface area contributed by atoms with Gasteiger partial charge in [-0.2, -0.15) is 0 Å². The predicted molar refractivity (Wildman–Crippen MR) is 114 cm³/mol. The maximum atomic E-state index is 12.7. The molecule has 0 bridgehead atoms. The molecule has 0 fully saturated rings. The van der Waals surface area contributed by atoms with Crippen molar-refractivity contribution in [1.29, 1.82) is 0 Å². The third-order valence-electron chi connectivity index (χ3n) is 4.30. The monoisotopic (exact) mass is 463 g/mol. The van der Waals surface area contributed by atoms with E-state index < -0.39 is 18.1 Å². The molecule has 0 unspecified atom stereocenters. The molecule has 7 heteroatoms. The summed E-state index contributed by atoms with van der Waals surface area (Å²) in [5.41, 5.74) is 1.65. The molecule has 0 aliphatic rings. The van der Waals surface area contributed by atoms with Crippen molar-refractivity contribution in [3.63, 3.8) is 0 Å². The number of hydrogen-bond donors (Lipinski definition) is 1. The summed E-state index contributed by atoms with van der Waals surface area (Å²) in [5.74, 6) is -0.341. The average Bonchev–Trinajstić information content (AvgIpc) is 2.73. The van der Waals surface area contributed by atoms with Crippen LogP contribution in [0.3, 0.4) is 0 Å². The number of aliphatic carboxylic acids is 1. The number of amides is 1. The smallest absolute Gasteiger partial charge is 0.410 e. The van der Waals surface area contributed by atoms with Crippen molar-refractivity contribution in [1.82, 2.24) is 4.90 Å². The van der Waals surface area contributed by atoms with Crippen LogP contribution in [0.15, 0.2) is 54.6 Å². The van der Waals surface area contributed by atoms with Gasteiger partial charge in [-0.1, -0.05) is 58.4 Å². The molecule has 0 heterocycles. The van der Waals surface area contributed by atoms with Gasteiger partial charge in [-0.25, -0.2) is 9.59 Å². The molecule has 2 aromatic rings. The Morgan fingerprint density at radius 1 is 1.07 bits per heavy atom. The minimum atomic E-state index is -1.06. The van der Waals surface area contributed by atoms with E-state index in [1.807, 2.05) is 49.4 Å². The van der Waals surface area contributed by atoms with Crippen LogP contribution in [0.5, 0.6) is 5.75 Å². The number of benzene rings is 2. The summed E-state index contributed by atoms with van der Waals surface area (Å²) in [6.45, 7) is 2.84. The molecular formula is C22H26BrNO5. The number of rotatable bonds is 11. The van der Waals surface area contributed by atoms with Gasteiger partial charge >= 0.3 is 12.1 Å². The van der Waals surface area contributed by atoms with Gasteiger partial charge < -0.3 is 14.6 Å². The zero-order valence-corrected chi connectivity index (χ0v) is 18.0. The maximum absolute atomic E-state index is 12.7. The van der Waals surface area contributed by atoms with Gasteiger partial charge in [0.15, 0.2) is 0 Å². The Hall–Kier alpha value is -2.54. The number of alkyl halides is 1. The molecule has 6 nitrogen and oxygen atoms in total. The van der Waals surface area contributed by atoms with Crippen LogP contribution in [0, 0.1) is 0 Å². The zero-order valence-electron chi connectivity index (χ0n) is 16.4. The van der Waals surface area contributed by atoms with E-state index in [9.17, 15) is 14.7 Å². The van der Waals surface area contributed by atoms with Crippen molar-refractivity contribution in [3.05, 3.63) is 65.7 Å². The van der Waals surface area contributed by atoms with E-state index in [0.717, 1.165) is 16.9 Å². The van der Waals surface area contributed by atoms with E-state index in [0.29, 0.717) is 18.4 Å². The molecular weight excluding hydrogens is 438 g/mol. The quantitative estimate of drug-likeness (QED) is 0.496. The summed E-state index contributed by atoms with van der Waals surface area (Å²) in [6, 6.07) is 15.5. The van der Waals surface area contributed by atoms with Crippen LogP contribution in [-0.2, 0) is 22.6 Å². The first kappa shape index (κ1) is 22.7. The highest BCUT2D eigenvalue weighted by molar-refractivity contribution is 9.09. The molecule has 0 aliphatic heterocycles. The van der Waals surface area contributed by atoms with Crippen molar-refractivity contribution in [3.8, 4) is 5.75 Å². The summed E-state index contributed by atoms with van der Waals surface area (Å²) in [6.07, 6.45) is 0.172. The Balaban J connectivity index is 2.11. The highest BCUT2D eigenvalue weighted by Crippen LogP contribution is 2.17. The fourth-order valence-corrected chi connectivity index (χ4v) is 3.10.